The number of carbonyl (C=O) groups excluding carboxylic acids is 1. The minimum absolute atomic E-state index is 0.144. The lowest BCUT2D eigenvalue weighted by Gasteiger charge is -2.30. The van der Waals surface area contributed by atoms with Crippen LogP contribution in [-0.4, -0.2) is 47.5 Å². The largest absolute Gasteiger partial charge is 0.497 e. The molecule has 1 amide bonds. The highest BCUT2D eigenvalue weighted by molar-refractivity contribution is 5.82. The van der Waals surface area contributed by atoms with E-state index in [0.717, 1.165) is 60.0 Å². The average Bonchev–Trinajstić information content (AvgIpc) is 3.12. The van der Waals surface area contributed by atoms with Gasteiger partial charge in [0, 0.05) is 43.8 Å². The Hall–Kier alpha value is -3.02. The Morgan fingerprint density at radius 1 is 1.11 bits per heavy atom. The van der Waals surface area contributed by atoms with Crippen LogP contribution in [0.3, 0.4) is 0 Å². The van der Waals surface area contributed by atoms with Gasteiger partial charge in [-0.05, 0) is 31.0 Å². The molecule has 0 spiro atoms. The Morgan fingerprint density at radius 3 is 2.54 bits per heavy atom. The Bertz CT molecular complexity index is 1000. The van der Waals surface area contributed by atoms with E-state index in [4.69, 9.17) is 14.5 Å². The molecule has 2 aromatic heterocycles. The van der Waals surface area contributed by atoms with Crippen molar-refractivity contribution in [3.8, 4) is 22.8 Å². The summed E-state index contributed by atoms with van der Waals surface area (Å²) in [6.45, 7) is 3.18. The molecule has 1 aliphatic heterocycles. The Labute approximate surface area is 164 Å². The average molecular weight is 379 g/mol. The van der Waals surface area contributed by atoms with Crippen LogP contribution in [0.4, 0.5) is 0 Å². The van der Waals surface area contributed by atoms with Gasteiger partial charge in [-0.1, -0.05) is 12.1 Å². The van der Waals surface area contributed by atoms with E-state index in [1.54, 1.807) is 21.1 Å². The zero-order chi connectivity index (χ0) is 19.7. The van der Waals surface area contributed by atoms with Gasteiger partial charge in [-0.3, -0.25) is 4.79 Å². The van der Waals surface area contributed by atoms with Crippen molar-refractivity contribution in [2.24, 2.45) is 0 Å². The number of nitrogens with zero attached hydrogens (tertiary/aromatic N) is 3. The predicted octanol–water partition coefficient (Wildman–Crippen LogP) is 3.74. The Morgan fingerprint density at radius 2 is 1.86 bits per heavy atom. The normalized spacial score (nSPS) is 15.0. The van der Waals surface area contributed by atoms with E-state index in [1.807, 2.05) is 47.5 Å². The second kappa shape index (κ2) is 7.54. The maximum atomic E-state index is 11.7. The van der Waals surface area contributed by atoms with Gasteiger partial charge in [0.1, 0.15) is 23.0 Å². The summed E-state index contributed by atoms with van der Waals surface area (Å²) in [5.74, 6) is 3.07. The van der Waals surface area contributed by atoms with Crippen LogP contribution in [0, 0.1) is 0 Å². The van der Waals surface area contributed by atoms with Gasteiger partial charge >= 0.3 is 0 Å². The molecular weight excluding hydrogens is 354 g/mol. The zero-order valence-corrected chi connectivity index (χ0v) is 16.5. The molecule has 4 rings (SSSR count). The van der Waals surface area contributed by atoms with Crippen molar-refractivity contribution in [2.75, 3.05) is 27.3 Å². The number of ether oxygens (including phenoxy) is 2. The van der Waals surface area contributed by atoms with E-state index < -0.39 is 0 Å². The van der Waals surface area contributed by atoms with E-state index in [0.29, 0.717) is 5.92 Å². The van der Waals surface area contributed by atoms with Crippen molar-refractivity contribution in [1.29, 1.82) is 0 Å². The molecule has 1 saturated heterocycles. The lowest BCUT2D eigenvalue weighted by molar-refractivity contribution is -0.129. The number of rotatable bonds is 4. The SMILES string of the molecule is COc1ccn2c(C3CCN(C(C)=O)CC3)nc(-c3ccccc3OC)c2c1. The van der Waals surface area contributed by atoms with Crippen LogP contribution < -0.4 is 9.47 Å². The molecule has 0 radical (unpaired) electrons. The van der Waals surface area contributed by atoms with Crippen molar-refractivity contribution >= 4 is 11.4 Å². The number of piperidine rings is 1. The van der Waals surface area contributed by atoms with E-state index in [-0.39, 0.29) is 5.91 Å². The smallest absolute Gasteiger partial charge is 0.219 e. The number of aromatic nitrogens is 2. The second-order valence-corrected chi connectivity index (χ2v) is 7.12. The highest BCUT2D eigenvalue weighted by Gasteiger charge is 2.27. The van der Waals surface area contributed by atoms with E-state index in [9.17, 15) is 4.79 Å². The third-order valence-electron chi connectivity index (χ3n) is 5.55. The number of benzene rings is 1. The molecule has 146 valence electrons. The van der Waals surface area contributed by atoms with Gasteiger partial charge in [-0.25, -0.2) is 4.98 Å². The fourth-order valence-electron chi connectivity index (χ4n) is 3.99. The molecule has 1 aliphatic rings. The molecule has 0 bridgehead atoms. The number of likely N-dealkylation sites (tertiary alicyclic amines) is 1. The van der Waals surface area contributed by atoms with Gasteiger partial charge in [0.2, 0.25) is 5.91 Å². The molecule has 3 heterocycles. The number of hydrogen-bond acceptors (Lipinski definition) is 4. The number of hydrogen-bond donors (Lipinski definition) is 0. The fraction of sp³-hybridized carbons (Fsp3) is 0.364. The number of methoxy groups -OCH3 is 2. The highest BCUT2D eigenvalue weighted by Crippen LogP contribution is 2.37. The third-order valence-corrected chi connectivity index (χ3v) is 5.55. The van der Waals surface area contributed by atoms with Gasteiger partial charge in [-0.15, -0.1) is 0 Å². The first-order valence-electron chi connectivity index (χ1n) is 9.57. The first-order valence-corrected chi connectivity index (χ1v) is 9.57. The minimum atomic E-state index is 0.144. The Kier molecular flexibility index (Phi) is 4.94. The van der Waals surface area contributed by atoms with Crippen LogP contribution in [0.1, 0.15) is 31.5 Å². The molecule has 0 aliphatic carbocycles. The molecule has 0 N–H and O–H groups in total. The number of para-hydroxylation sites is 1. The topological polar surface area (TPSA) is 56.1 Å². The summed E-state index contributed by atoms with van der Waals surface area (Å²) in [7, 11) is 3.35. The number of imidazole rings is 1. The number of carbonyl (C=O) groups is 1. The van der Waals surface area contributed by atoms with Crippen molar-refractivity contribution < 1.29 is 14.3 Å². The maximum Gasteiger partial charge on any atom is 0.219 e. The van der Waals surface area contributed by atoms with Crippen LogP contribution in [0.15, 0.2) is 42.6 Å². The molecule has 1 aromatic carbocycles. The van der Waals surface area contributed by atoms with Crippen LogP contribution in [0.5, 0.6) is 11.5 Å². The van der Waals surface area contributed by atoms with Gasteiger partial charge in [0.05, 0.1) is 19.7 Å². The quantitative estimate of drug-likeness (QED) is 0.693. The lowest BCUT2D eigenvalue weighted by Crippen LogP contribution is -2.36. The molecular formula is C22H25N3O3. The lowest BCUT2D eigenvalue weighted by atomic mass is 9.96. The first kappa shape index (κ1) is 18.3. The molecule has 6 heteroatoms. The monoisotopic (exact) mass is 379 g/mol. The van der Waals surface area contributed by atoms with Crippen LogP contribution in [-0.2, 0) is 4.79 Å². The van der Waals surface area contributed by atoms with Crippen molar-refractivity contribution in [2.45, 2.75) is 25.7 Å². The molecule has 28 heavy (non-hydrogen) atoms. The van der Waals surface area contributed by atoms with E-state index in [2.05, 4.69) is 4.40 Å². The summed E-state index contributed by atoms with van der Waals surface area (Å²) in [5, 5.41) is 0. The third kappa shape index (κ3) is 3.19. The first-order chi connectivity index (χ1) is 13.6. The molecule has 1 fully saturated rings. The van der Waals surface area contributed by atoms with Crippen molar-refractivity contribution in [1.82, 2.24) is 14.3 Å². The zero-order valence-electron chi connectivity index (χ0n) is 16.5. The number of amides is 1. The van der Waals surface area contributed by atoms with Gasteiger partial charge < -0.3 is 18.8 Å². The van der Waals surface area contributed by atoms with Crippen LogP contribution in [0.2, 0.25) is 0 Å². The maximum absolute atomic E-state index is 11.7. The highest BCUT2D eigenvalue weighted by atomic mass is 16.5. The summed E-state index contributed by atoms with van der Waals surface area (Å²) < 4.78 is 13.2. The Balaban J connectivity index is 1.81. The van der Waals surface area contributed by atoms with Crippen LogP contribution >= 0.6 is 0 Å². The minimum Gasteiger partial charge on any atom is -0.497 e. The van der Waals surface area contributed by atoms with Crippen molar-refractivity contribution in [3.63, 3.8) is 0 Å². The summed E-state index contributed by atoms with van der Waals surface area (Å²) in [4.78, 5) is 18.6. The summed E-state index contributed by atoms with van der Waals surface area (Å²) >= 11 is 0. The summed E-state index contributed by atoms with van der Waals surface area (Å²) in [6, 6.07) is 11.9. The number of pyridine rings is 1. The van der Waals surface area contributed by atoms with Gasteiger partial charge in [0.25, 0.3) is 0 Å². The molecule has 6 nitrogen and oxygen atoms in total. The van der Waals surface area contributed by atoms with Crippen molar-refractivity contribution in [3.05, 3.63) is 48.4 Å². The number of fused-ring (bicyclic) bond motifs is 1. The van der Waals surface area contributed by atoms with E-state index >= 15 is 0 Å². The van der Waals surface area contributed by atoms with Gasteiger partial charge in [0.15, 0.2) is 0 Å². The molecule has 3 aromatic rings. The van der Waals surface area contributed by atoms with Gasteiger partial charge in [-0.2, -0.15) is 0 Å². The molecule has 0 atom stereocenters. The fourth-order valence-corrected chi connectivity index (χ4v) is 3.99. The second-order valence-electron chi connectivity index (χ2n) is 7.12. The molecule has 0 unspecified atom stereocenters. The van der Waals surface area contributed by atoms with Crippen LogP contribution in [0.25, 0.3) is 16.8 Å². The standard InChI is InChI=1S/C22H25N3O3/c1-15(26)24-11-8-16(9-12-24)22-23-21(18-6-4-5-7-20(18)28-3)19-14-17(27-2)10-13-25(19)22/h4-7,10,13-14,16H,8-9,11-12H2,1-3H3. The van der Waals surface area contributed by atoms with E-state index in [1.165, 1.54) is 0 Å². The predicted molar refractivity (Wildman–Crippen MR) is 108 cm³/mol. The molecule has 0 saturated carbocycles. The summed E-state index contributed by atoms with van der Waals surface area (Å²) in [5.41, 5.74) is 2.84. The summed E-state index contributed by atoms with van der Waals surface area (Å²) in [6.07, 6.45) is 3.85.